The second-order valence-electron chi connectivity index (χ2n) is 4.68. The molecule has 0 saturated carbocycles. The van der Waals surface area contributed by atoms with Crippen LogP contribution in [0.4, 0.5) is 0 Å². The molecule has 9 heteroatoms. The van der Waals surface area contributed by atoms with Crippen LogP contribution in [-0.2, 0) is 4.79 Å². The third-order valence-electron chi connectivity index (χ3n) is 2.94. The highest BCUT2D eigenvalue weighted by molar-refractivity contribution is 9.11. The first-order chi connectivity index (χ1) is 11.9. The first kappa shape index (κ1) is 19.7. The van der Waals surface area contributed by atoms with Crippen LogP contribution in [0.15, 0.2) is 48.9 Å². The zero-order chi connectivity index (χ0) is 18.4. The highest BCUT2D eigenvalue weighted by Crippen LogP contribution is 2.41. The number of halogens is 3. The normalized spacial score (nSPS) is 10.7. The summed E-state index contributed by atoms with van der Waals surface area (Å²) in [5.41, 5.74) is 2.73. The van der Waals surface area contributed by atoms with E-state index in [2.05, 4.69) is 58.3 Å². The highest BCUT2D eigenvalue weighted by Gasteiger charge is 2.14. The molecule has 0 aliphatic carbocycles. The standard InChI is InChI=1S/C16H13Br3N2O4/c1-24-16-12(18)5-9(15(23)14(16)19)7-20-21-13(22)8-25-11-4-2-3-10(17)6-11/h2-7,23H,8H2,1H3,(H,21,22)/b20-7-. The Morgan fingerprint density at radius 3 is 2.76 bits per heavy atom. The molecule has 0 atom stereocenters. The summed E-state index contributed by atoms with van der Waals surface area (Å²) in [6, 6.07) is 8.77. The number of hydrogen-bond donors (Lipinski definition) is 2. The van der Waals surface area contributed by atoms with Crippen molar-refractivity contribution in [3.8, 4) is 17.2 Å². The largest absolute Gasteiger partial charge is 0.506 e. The molecule has 2 aromatic carbocycles. The number of ether oxygens (including phenoxy) is 2. The second-order valence-corrected chi connectivity index (χ2v) is 7.25. The van der Waals surface area contributed by atoms with E-state index >= 15 is 0 Å². The van der Waals surface area contributed by atoms with Gasteiger partial charge in [-0.2, -0.15) is 5.10 Å². The van der Waals surface area contributed by atoms with Crippen molar-refractivity contribution in [1.29, 1.82) is 0 Å². The van der Waals surface area contributed by atoms with Gasteiger partial charge in [0.05, 0.1) is 17.8 Å². The smallest absolute Gasteiger partial charge is 0.277 e. The van der Waals surface area contributed by atoms with E-state index in [9.17, 15) is 9.90 Å². The Kier molecular flexibility index (Phi) is 7.27. The predicted molar refractivity (Wildman–Crippen MR) is 105 cm³/mol. The average Bonchev–Trinajstić information content (AvgIpc) is 2.58. The molecule has 2 aromatic rings. The Hall–Kier alpha value is -1.58. The fourth-order valence-corrected chi connectivity index (χ4v) is 3.66. The number of nitrogens with zero attached hydrogens (tertiary/aromatic N) is 1. The van der Waals surface area contributed by atoms with Gasteiger partial charge in [0, 0.05) is 10.0 Å². The maximum atomic E-state index is 11.7. The fourth-order valence-electron chi connectivity index (χ4n) is 1.81. The lowest BCUT2D eigenvalue weighted by Gasteiger charge is -2.10. The van der Waals surface area contributed by atoms with Crippen LogP contribution in [0.1, 0.15) is 5.56 Å². The lowest BCUT2D eigenvalue weighted by atomic mass is 10.2. The van der Waals surface area contributed by atoms with Crippen molar-refractivity contribution in [2.75, 3.05) is 13.7 Å². The van der Waals surface area contributed by atoms with Crippen LogP contribution >= 0.6 is 47.8 Å². The molecule has 0 spiro atoms. The molecule has 0 aliphatic heterocycles. The molecule has 0 heterocycles. The van der Waals surface area contributed by atoms with Crippen LogP contribution < -0.4 is 14.9 Å². The topological polar surface area (TPSA) is 80.2 Å². The van der Waals surface area contributed by atoms with Crippen molar-refractivity contribution in [2.24, 2.45) is 5.10 Å². The number of hydrogen-bond acceptors (Lipinski definition) is 5. The third-order valence-corrected chi connectivity index (χ3v) is 4.76. The minimum Gasteiger partial charge on any atom is -0.506 e. The van der Waals surface area contributed by atoms with Gasteiger partial charge in [-0.3, -0.25) is 4.79 Å². The number of phenolic OH excluding ortho intramolecular Hbond substituents is 1. The number of amides is 1. The summed E-state index contributed by atoms with van der Waals surface area (Å²) in [5, 5.41) is 13.9. The van der Waals surface area contributed by atoms with Gasteiger partial charge in [0.1, 0.15) is 16.0 Å². The quantitative estimate of drug-likeness (QED) is 0.428. The number of carbonyl (C=O) groups excluding carboxylic acids is 1. The maximum Gasteiger partial charge on any atom is 0.277 e. The molecule has 2 N–H and O–H groups in total. The number of phenols is 1. The summed E-state index contributed by atoms with van der Waals surface area (Å²) in [6.45, 7) is -0.185. The van der Waals surface area contributed by atoms with E-state index in [0.717, 1.165) is 4.47 Å². The summed E-state index contributed by atoms with van der Waals surface area (Å²) < 4.78 is 12.4. The van der Waals surface area contributed by atoms with Gasteiger partial charge in [-0.15, -0.1) is 0 Å². The zero-order valence-corrected chi connectivity index (χ0v) is 17.7. The van der Waals surface area contributed by atoms with Gasteiger partial charge in [-0.05, 0) is 56.1 Å². The molecule has 25 heavy (non-hydrogen) atoms. The number of benzene rings is 2. The number of nitrogens with one attached hydrogen (secondary N) is 1. The summed E-state index contributed by atoms with van der Waals surface area (Å²) in [5.74, 6) is 0.543. The Morgan fingerprint density at radius 1 is 1.32 bits per heavy atom. The van der Waals surface area contributed by atoms with Crippen LogP contribution in [0.5, 0.6) is 17.2 Å². The Labute approximate surface area is 169 Å². The van der Waals surface area contributed by atoms with Gasteiger partial charge in [0.2, 0.25) is 0 Å². The van der Waals surface area contributed by atoms with E-state index in [1.807, 2.05) is 6.07 Å². The summed E-state index contributed by atoms with van der Waals surface area (Å²) in [4.78, 5) is 11.7. The van der Waals surface area contributed by atoms with Crippen molar-refractivity contribution < 1.29 is 19.4 Å². The molecule has 0 radical (unpaired) electrons. The molecule has 1 amide bonds. The summed E-state index contributed by atoms with van der Waals surface area (Å²) in [7, 11) is 1.49. The predicted octanol–water partition coefficient (Wildman–Crippen LogP) is 4.22. The fraction of sp³-hybridized carbons (Fsp3) is 0.125. The number of hydrazone groups is 1. The van der Waals surface area contributed by atoms with Crippen molar-refractivity contribution in [2.45, 2.75) is 0 Å². The van der Waals surface area contributed by atoms with Gasteiger partial charge in [0.25, 0.3) is 5.91 Å². The van der Waals surface area contributed by atoms with Gasteiger partial charge < -0.3 is 14.6 Å². The molecule has 0 bridgehead atoms. The van der Waals surface area contributed by atoms with E-state index in [-0.39, 0.29) is 12.4 Å². The SMILES string of the molecule is COc1c(Br)cc(/C=N\NC(=O)COc2cccc(Br)c2)c(O)c1Br. The van der Waals surface area contributed by atoms with Gasteiger partial charge in [-0.1, -0.05) is 22.0 Å². The first-order valence-electron chi connectivity index (χ1n) is 6.87. The van der Waals surface area contributed by atoms with Crippen LogP contribution in [-0.4, -0.2) is 30.9 Å². The molecule has 132 valence electrons. The van der Waals surface area contributed by atoms with E-state index < -0.39 is 5.91 Å². The van der Waals surface area contributed by atoms with Gasteiger partial charge >= 0.3 is 0 Å². The highest BCUT2D eigenvalue weighted by atomic mass is 79.9. The molecule has 2 rings (SSSR count). The van der Waals surface area contributed by atoms with Crippen molar-refractivity contribution in [3.05, 3.63) is 49.3 Å². The summed E-state index contributed by atoms with van der Waals surface area (Å²) >= 11 is 9.89. The van der Waals surface area contributed by atoms with Crippen molar-refractivity contribution in [1.82, 2.24) is 5.43 Å². The van der Waals surface area contributed by atoms with Crippen molar-refractivity contribution in [3.63, 3.8) is 0 Å². The molecular weight excluding hydrogens is 524 g/mol. The lowest BCUT2D eigenvalue weighted by molar-refractivity contribution is -0.123. The Balaban J connectivity index is 1.95. The van der Waals surface area contributed by atoms with E-state index in [0.29, 0.717) is 26.0 Å². The number of rotatable bonds is 6. The summed E-state index contributed by atoms with van der Waals surface area (Å²) in [6.07, 6.45) is 1.32. The maximum absolute atomic E-state index is 11.7. The molecule has 6 nitrogen and oxygen atoms in total. The van der Waals surface area contributed by atoms with Gasteiger partial charge in [-0.25, -0.2) is 5.43 Å². The number of aromatic hydroxyl groups is 1. The molecule has 0 unspecified atom stereocenters. The van der Waals surface area contributed by atoms with E-state index in [1.54, 1.807) is 24.3 Å². The minimum atomic E-state index is -0.428. The monoisotopic (exact) mass is 534 g/mol. The van der Waals surface area contributed by atoms with Crippen LogP contribution in [0.2, 0.25) is 0 Å². The average molecular weight is 537 g/mol. The first-order valence-corrected chi connectivity index (χ1v) is 9.25. The Morgan fingerprint density at radius 2 is 2.08 bits per heavy atom. The molecule has 0 aromatic heterocycles. The second kappa shape index (κ2) is 9.21. The molecule has 0 aliphatic rings. The number of methoxy groups -OCH3 is 1. The Bertz CT molecular complexity index is 812. The van der Waals surface area contributed by atoms with Crippen LogP contribution in [0, 0.1) is 0 Å². The van der Waals surface area contributed by atoms with E-state index in [4.69, 9.17) is 9.47 Å². The molecule has 0 saturated heterocycles. The van der Waals surface area contributed by atoms with Gasteiger partial charge in [0.15, 0.2) is 12.4 Å². The van der Waals surface area contributed by atoms with Crippen LogP contribution in [0.25, 0.3) is 0 Å². The minimum absolute atomic E-state index is 0.0524. The van der Waals surface area contributed by atoms with Crippen molar-refractivity contribution >= 4 is 59.9 Å². The molecular formula is C16H13Br3N2O4. The van der Waals surface area contributed by atoms with Crippen LogP contribution in [0.3, 0.4) is 0 Å². The van der Waals surface area contributed by atoms with E-state index in [1.165, 1.54) is 13.3 Å². The molecule has 0 fully saturated rings. The number of carbonyl (C=O) groups is 1. The lowest BCUT2D eigenvalue weighted by Crippen LogP contribution is -2.24. The zero-order valence-electron chi connectivity index (χ0n) is 12.9. The third kappa shape index (κ3) is 5.45.